The molecule has 0 unspecified atom stereocenters. The number of likely N-dealkylation sites (tertiary alicyclic amines) is 1. The smallest absolute Gasteiger partial charge is 0.409 e. The number of hydrogen-bond acceptors (Lipinski definition) is 4. The first-order chi connectivity index (χ1) is 14.1. The van der Waals surface area contributed by atoms with Crippen molar-refractivity contribution in [3.05, 3.63) is 71.8 Å². The fraction of sp³-hybridized carbons (Fsp3) is 0.417. The standard InChI is InChI=1S/C24H30N2O3/c1-20(19-29-24(28)25-15-8-13-23(27)14-16-25)26(17-21-9-4-2-5-10-21)18-22-11-6-3-7-12-22/h2-7,9-12,20H,8,13-19H2,1H3/t20-/m0/s1. The van der Waals surface area contributed by atoms with E-state index in [1.165, 1.54) is 11.1 Å². The van der Waals surface area contributed by atoms with Gasteiger partial charge in [0.25, 0.3) is 0 Å². The van der Waals surface area contributed by atoms with Crippen LogP contribution in [0.2, 0.25) is 0 Å². The maximum absolute atomic E-state index is 12.5. The molecule has 0 N–H and O–H groups in total. The van der Waals surface area contributed by atoms with Gasteiger partial charge >= 0.3 is 6.09 Å². The Balaban J connectivity index is 1.60. The van der Waals surface area contributed by atoms with Crippen molar-refractivity contribution in [3.8, 4) is 0 Å². The summed E-state index contributed by atoms with van der Waals surface area (Å²) < 4.78 is 5.62. The first-order valence-electron chi connectivity index (χ1n) is 10.4. The van der Waals surface area contributed by atoms with Crippen LogP contribution < -0.4 is 0 Å². The number of carbonyl (C=O) groups is 2. The van der Waals surface area contributed by atoms with E-state index in [1.807, 2.05) is 36.4 Å². The molecular formula is C24H30N2O3. The summed E-state index contributed by atoms with van der Waals surface area (Å²) in [5, 5.41) is 0. The Hall–Kier alpha value is -2.66. The van der Waals surface area contributed by atoms with Crippen molar-refractivity contribution < 1.29 is 14.3 Å². The van der Waals surface area contributed by atoms with Gasteiger partial charge in [-0.1, -0.05) is 60.7 Å². The molecule has 29 heavy (non-hydrogen) atoms. The fourth-order valence-electron chi connectivity index (χ4n) is 3.54. The van der Waals surface area contributed by atoms with Crippen molar-refractivity contribution in [2.24, 2.45) is 0 Å². The lowest BCUT2D eigenvalue weighted by atomic mass is 10.1. The number of nitrogens with zero attached hydrogens (tertiary/aromatic N) is 2. The van der Waals surface area contributed by atoms with Gasteiger partial charge in [0.05, 0.1) is 0 Å². The summed E-state index contributed by atoms with van der Waals surface area (Å²) in [6.07, 6.45) is 1.39. The summed E-state index contributed by atoms with van der Waals surface area (Å²) >= 11 is 0. The Morgan fingerprint density at radius 3 is 2.14 bits per heavy atom. The second-order valence-corrected chi connectivity index (χ2v) is 7.68. The quantitative estimate of drug-likeness (QED) is 0.704. The largest absolute Gasteiger partial charge is 0.448 e. The van der Waals surface area contributed by atoms with Gasteiger partial charge in [-0.3, -0.25) is 9.69 Å². The molecule has 2 aromatic rings. The van der Waals surface area contributed by atoms with E-state index in [-0.39, 0.29) is 17.9 Å². The summed E-state index contributed by atoms with van der Waals surface area (Å²) in [5.74, 6) is 0.227. The van der Waals surface area contributed by atoms with Crippen molar-refractivity contribution in [3.63, 3.8) is 0 Å². The van der Waals surface area contributed by atoms with Crippen LogP contribution in [0.5, 0.6) is 0 Å². The number of ether oxygens (including phenoxy) is 1. The van der Waals surface area contributed by atoms with E-state index in [0.717, 1.165) is 19.5 Å². The summed E-state index contributed by atoms with van der Waals surface area (Å²) in [4.78, 5) is 28.0. The van der Waals surface area contributed by atoms with Gasteiger partial charge in [-0.15, -0.1) is 0 Å². The van der Waals surface area contributed by atoms with Crippen molar-refractivity contribution >= 4 is 11.9 Å². The average molecular weight is 395 g/mol. The van der Waals surface area contributed by atoms with E-state index in [9.17, 15) is 9.59 Å². The molecule has 1 aliphatic heterocycles. The molecule has 1 fully saturated rings. The number of Topliss-reactive ketones (excluding diaryl/α,β-unsaturated/α-hetero) is 1. The van der Waals surface area contributed by atoms with Crippen LogP contribution in [0.3, 0.4) is 0 Å². The second kappa shape index (κ2) is 10.8. The highest BCUT2D eigenvalue weighted by Crippen LogP contribution is 2.15. The van der Waals surface area contributed by atoms with Crippen LogP contribution in [0, 0.1) is 0 Å². The zero-order valence-electron chi connectivity index (χ0n) is 17.1. The Morgan fingerprint density at radius 1 is 0.966 bits per heavy atom. The highest BCUT2D eigenvalue weighted by atomic mass is 16.6. The molecule has 0 saturated carbocycles. The van der Waals surface area contributed by atoms with Gasteiger partial charge in [-0.2, -0.15) is 0 Å². The molecule has 5 nitrogen and oxygen atoms in total. The van der Waals surface area contributed by atoms with Crippen LogP contribution in [0.4, 0.5) is 4.79 Å². The van der Waals surface area contributed by atoms with E-state index in [2.05, 4.69) is 36.1 Å². The monoisotopic (exact) mass is 394 g/mol. The van der Waals surface area contributed by atoms with Gasteiger partial charge in [-0.25, -0.2) is 4.79 Å². The third kappa shape index (κ3) is 6.71. The van der Waals surface area contributed by atoms with Crippen LogP contribution in [-0.2, 0) is 22.6 Å². The van der Waals surface area contributed by atoms with Crippen LogP contribution >= 0.6 is 0 Å². The first kappa shape index (κ1) is 21.1. The average Bonchev–Trinajstić information content (AvgIpc) is 2.97. The number of hydrogen-bond donors (Lipinski definition) is 0. The number of ketones is 1. The minimum atomic E-state index is -0.314. The van der Waals surface area contributed by atoms with Gasteiger partial charge in [0, 0.05) is 45.1 Å². The maximum Gasteiger partial charge on any atom is 0.409 e. The first-order valence-corrected chi connectivity index (χ1v) is 10.4. The van der Waals surface area contributed by atoms with Crippen molar-refractivity contribution in [2.45, 2.75) is 45.3 Å². The molecule has 1 aliphatic rings. The molecule has 1 heterocycles. The zero-order valence-corrected chi connectivity index (χ0v) is 17.1. The molecule has 0 aliphatic carbocycles. The van der Waals surface area contributed by atoms with Crippen LogP contribution in [-0.4, -0.2) is 47.4 Å². The predicted octanol–water partition coefficient (Wildman–Crippen LogP) is 4.27. The number of benzene rings is 2. The molecule has 154 valence electrons. The molecular weight excluding hydrogens is 364 g/mol. The normalized spacial score (nSPS) is 15.8. The molecule has 2 aromatic carbocycles. The fourth-order valence-corrected chi connectivity index (χ4v) is 3.54. The molecule has 1 atom stereocenters. The molecule has 0 aromatic heterocycles. The Kier molecular flexibility index (Phi) is 7.82. The lowest BCUT2D eigenvalue weighted by Gasteiger charge is -2.30. The minimum absolute atomic E-state index is 0.0629. The highest BCUT2D eigenvalue weighted by molar-refractivity contribution is 5.79. The summed E-state index contributed by atoms with van der Waals surface area (Å²) in [6.45, 7) is 5.04. The predicted molar refractivity (Wildman–Crippen MR) is 113 cm³/mol. The molecule has 3 rings (SSSR count). The lowest BCUT2D eigenvalue weighted by molar-refractivity contribution is -0.118. The molecule has 0 radical (unpaired) electrons. The van der Waals surface area contributed by atoms with Crippen molar-refractivity contribution in [1.29, 1.82) is 0 Å². The molecule has 5 heteroatoms. The van der Waals surface area contributed by atoms with E-state index in [0.29, 0.717) is 32.5 Å². The summed E-state index contributed by atoms with van der Waals surface area (Å²) in [5.41, 5.74) is 2.46. The summed E-state index contributed by atoms with van der Waals surface area (Å²) in [7, 11) is 0. The molecule has 0 spiro atoms. The topological polar surface area (TPSA) is 49.9 Å². The van der Waals surface area contributed by atoms with Gasteiger partial charge in [0.15, 0.2) is 0 Å². The number of amides is 1. The van der Waals surface area contributed by atoms with Crippen molar-refractivity contribution in [1.82, 2.24) is 9.80 Å². The van der Waals surface area contributed by atoms with Crippen LogP contribution in [0.15, 0.2) is 60.7 Å². The van der Waals surface area contributed by atoms with Gasteiger partial charge < -0.3 is 9.64 Å². The second-order valence-electron chi connectivity index (χ2n) is 7.68. The Labute approximate surface area is 173 Å². The molecule has 1 amide bonds. The SMILES string of the molecule is C[C@@H](COC(=O)N1CCCC(=O)CC1)N(Cc1ccccc1)Cc1ccccc1. The van der Waals surface area contributed by atoms with Crippen LogP contribution in [0.1, 0.15) is 37.3 Å². The van der Waals surface area contributed by atoms with E-state index >= 15 is 0 Å². The molecule has 0 bridgehead atoms. The number of rotatable bonds is 7. The van der Waals surface area contributed by atoms with E-state index in [4.69, 9.17) is 4.74 Å². The van der Waals surface area contributed by atoms with Crippen molar-refractivity contribution in [2.75, 3.05) is 19.7 Å². The van der Waals surface area contributed by atoms with E-state index < -0.39 is 0 Å². The highest BCUT2D eigenvalue weighted by Gasteiger charge is 2.22. The maximum atomic E-state index is 12.5. The van der Waals surface area contributed by atoms with Gasteiger partial charge in [-0.05, 0) is 24.5 Å². The Bertz CT molecular complexity index is 738. The van der Waals surface area contributed by atoms with Gasteiger partial charge in [0.1, 0.15) is 12.4 Å². The third-order valence-electron chi connectivity index (χ3n) is 5.33. The number of carbonyl (C=O) groups excluding carboxylic acids is 2. The van der Waals surface area contributed by atoms with E-state index in [1.54, 1.807) is 4.90 Å². The molecule has 1 saturated heterocycles. The minimum Gasteiger partial charge on any atom is -0.448 e. The zero-order chi connectivity index (χ0) is 20.5. The van der Waals surface area contributed by atoms with Crippen LogP contribution in [0.25, 0.3) is 0 Å². The Morgan fingerprint density at radius 2 is 1.55 bits per heavy atom. The van der Waals surface area contributed by atoms with Gasteiger partial charge in [0.2, 0.25) is 0 Å². The summed E-state index contributed by atoms with van der Waals surface area (Å²) in [6, 6.07) is 20.7. The lowest BCUT2D eigenvalue weighted by Crippen LogP contribution is -2.39. The third-order valence-corrected chi connectivity index (χ3v) is 5.33.